The third-order valence-corrected chi connectivity index (χ3v) is 3.02. The molecule has 0 aliphatic heterocycles. The number of ether oxygens (including phenoxy) is 2. The molecule has 0 fully saturated rings. The fourth-order valence-corrected chi connectivity index (χ4v) is 1.88. The topological polar surface area (TPSA) is 35.5 Å². The second-order valence-corrected chi connectivity index (χ2v) is 4.67. The summed E-state index contributed by atoms with van der Waals surface area (Å²) in [5.41, 5.74) is 1.59. The molecule has 2 rings (SSSR count). The van der Waals surface area contributed by atoms with Crippen LogP contribution in [-0.2, 0) is 9.53 Å². The zero-order valence-electron chi connectivity index (χ0n) is 12.7. The summed E-state index contributed by atoms with van der Waals surface area (Å²) < 4.78 is 23.4. The average Bonchev–Trinajstić information content (AvgIpc) is 2.58. The Labute approximate surface area is 134 Å². The van der Waals surface area contributed by atoms with Gasteiger partial charge in [-0.25, -0.2) is 9.18 Å². The van der Waals surface area contributed by atoms with Gasteiger partial charge in [-0.15, -0.1) is 0 Å². The monoisotopic (exact) mass is 312 g/mol. The van der Waals surface area contributed by atoms with Gasteiger partial charge >= 0.3 is 5.97 Å². The standard InChI is InChI=1S/C19H17FO3/c1-22-18-11-9-16(14-17(18)20)10-12-19(21)23-13-5-8-15-6-3-2-4-7-15/h2-12,14H,13H2,1H3/b8-5+,12-10+. The van der Waals surface area contributed by atoms with E-state index in [0.29, 0.717) is 5.56 Å². The molecule has 118 valence electrons. The van der Waals surface area contributed by atoms with Crippen molar-refractivity contribution < 1.29 is 18.7 Å². The van der Waals surface area contributed by atoms with Crippen molar-refractivity contribution in [1.82, 2.24) is 0 Å². The summed E-state index contributed by atoms with van der Waals surface area (Å²) in [6, 6.07) is 14.2. The van der Waals surface area contributed by atoms with Crippen LogP contribution in [0.15, 0.2) is 60.7 Å². The van der Waals surface area contributed by atoms with Crippen LogP contribution in [0.4, 0.5) is 4.39 Å². The summed E-state index contributed by atoms with van der Waals surface area (Å²) in [6.45, 7) is 0.176. The number of halogens is 1. The lowest BCUT2D eigenvalue weighted by atomic mass is 10.2. The first kappa shape index (κ1) is 16.5. The molecule has 23 heavy (non-hydrogen) atoms. The van der Waals surface area contributed by atoms with Gasteiger partial charge in [-0.2, -0.15) is 0 Å². The predicted molar refractivity (Wildman–Crippen MR) is 88.4 cm³/mol. The molecule has 3 nitrogen and oxygen atoms in total. The van der Waals surface area contributed by atoms with Crippen molar-refractivity contribution in [2.24, 2.45) is 0 Å². The van der Waals surface area contributed by atoms with Crippen molar-refractivity contribution in [3.63, 3.8) is 0 Å². The van der Waals surface area contributed by atoms with E-state index in [-0.39, 0.29) is 12.4 Å². The smallest absolute Gasteiger partial charge is 0.331 e. The molecule has 0 radical (unpaired) electrons. The minimum atomic E-state index is -0.487. The Hall–Kier alpha value is -2.88. The molecule has 0 spiro atoms. The lowest BCUT2D eigenvalue weighted by Gasteiger charge is -2.02. The maximum atomic E-state index is 13.5. The molecule has 2 aromatic rings. The molecular formula is C19H17FO3. The van der Waals surface area contributed by atoms with E-state index < -0.39 is 11.8 Å². The van der Waals surface area contributed by atoms with Crippen LogP contribution >= 0.6 is 0 Å². The summed E-state index contributed by atoms with van der Waals surface area (Å²) in [5.74, 6) is -0.802. The zero-order valence-corrected chi connectivity index (χ0v) is 12.7. The number of carbonyl (C=O) groups is 1. The van der Waals surface area contributed by atoms with Crippen LogP contribution in [0.2, 0.25) is 0 Å². The van der Waals surface area contributed by atoms with Crippen molar-refractivity contribution in [2.45, 2.75) is 0 Å². The van der Waals surface area contributed by atoms with Crippen LogP contribution in [0.1, 0.15) is 11.1 Å². The van der Waals surface area contributed by atoms with Crippen molar-refractivity contribution in [3.8, 4) is 5.75 Å². The van der Waals surface area contributed by atoms with Crippen LogP contribution < -0.4 is 4.74 Å². The number of hydrogen-bond donors (Lipinski definition) is 0. The fourth-order valence-electron chi connectivity index (χ4n) is 1.88. The second-order valence-electron chi connectivity index (χ2n) is 4.67. The second kappa shape index (κ2) is 8.54. The Morgan fingerprint density at radius 3 is 2.57 bits per heavy atom. The van der Waals surface area contributed by atoms with E-state index in [9.17, 15) is 9.18 Å². The van der Waals surface area contributed by atoms with Gasteiger partial charge in [0.15, 0.2) is 11.6 Å². The van der Waals surface area contributed by atoms with E-state index in [2.05, 4.69) is 0 Å². The molecular weight excluding hydrogens is 295 g/mol. The molecule has 0 N–H and O–H groups in total. The van der Waals surface area contributed by atoms with E-state index in [0.717, 1.165) is 5.56 Å². The highest BCUT2D eigenvalue weighted by molar-refractivity contribution is 5.87. The Kier molecular flexibility index (Phi) is 6.12. The number of benzene rings is 2. The quantitative estimate of drug-likeness (QED) is 0.595. The minimum absolute atomic E-state index is 0.163. The van der Waals surface area contributed by atoms with Crippen LogP contribution in [0.25, 0.3) is 12.2 Å². The van der Waals surface area contributed by atoms with Crippen molar-refractivity contribution in [1.29, 1.82) is 0 Å². The van der Waals surface area contributed by atoms with Gasteiger partial charge in [0.1, 0.15) is 6.61 Å². The third-order valence-electron chi connectivity index (χ3n) is 3.02. The van der Waals surface area contributed by atoms with E-state index in [1.165, 1.54) is 31.4 Å². The highest BCUT2D eigenvalue weighted by Gasteiger charge is 2.02. The van der Waals surface area contributed by atoms with Gasteiger partial charge in [0.05, 0.1) is 7.11 Å². The first-order chi connectivity index (χ1) is 11.2. The Morgan fingerprint density at radius 2 is 1.87 bits per heavy atom. The first-order valence-electron chi connectivity index (χ1n) is 7.09. The molecule has 0 atom stereocenters. The summed E-state index contributed by atoms with van der Waals surface area (Å²) in [4.78, 5) is 11.6. The zero-order chi connectivity index (χ0) is 16.5. The molecule has 0 aromatic heterocycles. The van der Waals surface area contributed by atoms with Crippen LogP contribution in [0, 0.1) is 5.82 Å². The molecule has 0 aliphatic carbocycles. The summed E-state index contributed by atoms with van der Waals surface area (Å²) in [6.07, 6.45) is 6.38. The number of methoxy groups -OCH3 is 1. The highest BCUT2D eigenvalue weighted by Crippen LogP contribution is 2.18. The molecule has 0 heterocycles. The van der Waals surface area contributed by atoms with E-state index in [4.69, 9.17) is 9.47 Å². The van der Waals surface area contributed by atoms with Gasteiger partial charge in [-0.05, 0) is 35.4 Å². The lowest BCUT2D eigenvalue weighted by Crippen LogP contribution is -1.99. The molecule has 4 heteroatoms. The normalized spacial score (nSPS) is 11.0. The van der Waals surface area contributed by atoms with E-state index in [1.54, 1.807) is 12.1 Å². The van der Waals surface area contributed by atoms with Crippen LogP contribution in [0.3, 0.4) is 0 Å². The molecule has 0 amide bonds. The van der Waals surface area contributed by atoms with Crippen molar-refractivity contribution >= 4 is 18.1 Å². The van der Waals surface area contributed by atoms with E-state index >= 15 is 0 Å². The molecule has 0 aliphatic rings. The van der Waals surface area contributed by atoms with Gasteiger partial charge in [0.2, 0.25) is 0 Å². The number of esters is 1. The lowest BCUT2D eigenvalue weighted by molar-refractivity contribution is -0.136. The highest BCUT2D eigenvalue weighted by atomic mass is 19.1. The largest absolute Gasteiger partial charge is 0.494 e. The van der Waals surface area contributed by atoms with Gasteiger partial charge in [-0.3, -0.25) is 0 Å². The molecule has 0 unspecified atom stereocenters. The fraction of sp³-hybridized carbons (Fsp3) is 0.105. The molecule has 2 aromatic carbocycles. The maximum absolute atomic E-state index is 13.5. The van der Waals surface area contributed by atoms with Gasteiger partial charge in [0, 0.05) is 6.08 Å². The maximum Gasteiger partial charge on any atom is 0.331 e. The molecule has 0 saturated carbocycles. The number of rotatable bonds is 6. The first-order valence-corrected chi connectivity index (χ1v) is 7.09. The molecule has 0 bridgehead atoms. The SMILES string of the molecule is COc1ccc(/C=C/C(=O)OC/C=C/c2ccccc2)cc1F. The Morgan fingerprint density at radius 1 is 1.09 bits per heavy atom. The van der Waals surface area contributed by atoms with E-state index in [1.807, 2.05) is 36.4 Å². The summed E-state index contributed by atoms with van der Waals surface area (Å²) in [7, 11) is 1.40. The van der Waals surface area contributed by atoms with Crippen molar-refractivity contribution in [2.75, 3.05) is 13.7 Å². The minimum Gasteiger partial charge on any atom is -0.494 e. The molecule has 0 saturated heterocycles. The number of hydrogen-bond acceptors (Lipinski definition) is 3. The predicted octanol–water partition coefficient (Wildman–Crippen LogP) is 4.10. The summed E-state index contributed by atoms with van der Waals surface area (Å²) >= 11 is 0. The van der Waals surface area contributed by atoms with Crippen molar-refractivity contribution in [3.05, 3.63) is 77.6 Å². The third kappa shape index (κ3) is 5.43. The van der Waals surface area contributed by atoms with Crippen LogP contribution in [-0.4, -0.2) is 19.7 Å². The summed E-state index contributed by atoms with van der Waals surface area (Å²) in [5, 5.41) is 0. The van der Waals surface area contributed by atoms with Gasteiger partial charge in [-0.1, -0.05) is 42.5 Å². The average molecular weight is 312 g/mol. The van der Waals surface area contributed by atoms with Gasteiger partial charge in [0.25, 0.3) is 0 Å². The van der Waals surface area contributed by atoms with Crippen LogP contribution in [0.5, 0.6) is 5.75 Å². The Balaban J connectivity index is 1.82. The van der Waals surface area contributed by atoms with Gasteiger partial charge < -0.3 is 9.47 Å². The number of carbonyl (C=O) groups excluding carboxylic acids is 1. The Bertz CT molecular complexity index is 706.